The van der Waals surface area contributed by atoms with Gasteiger partial charge in [-0.1, -0.05) is 0 Å². The fourth-order valence-electron chi connectivity index (χ4n) is 2.02. The van der Waals surface area contributed by atoms with E-state index in [-0.39, 0.29) is 23.6 Å². The van der Waals surface area contributed by atoms with Crippen LogP contribution < -0.4 is 5.73 Å². The summed E-state index contributed by atoms with van der Waals surface area (Å²) < 4.78 is 25.8. The number of halogens is 2. The first-order chi connectivity index (χ1) is 6.57. The number of rotatable bonds is 1. The molecule has 2 nitrogen and oxygen atoms in total. The van der Waals surface area contributed by atoms with Gasteiger partial charge in [-0.2, -0.15) is 0 Å². The van der Waals surface area contributed by atoms with Gasteiger partial charge in [0.15, 0.2) is 0 Å². The third-order valence-corrected chi connectivity index (χ3v) is 4.12. The molecule has 0 spiro atoms. The number of nitrogens with zero attached hydrogens (tertiary/aromatic N) is 1. The van der Waals surface area contributed by atoms with Gasteiger partial charge in [0.05, 0.1) is 0 Å². The van der Waals surface area contributed by atoms with Crippen LogP contribution in [0.3, 0.4) is 0 Å². The Balaban J connectivity index is 1.87. The Labute approximate surface area is 86.3 Å². The number of thioether (sulfide) groups is 1. The van der Waals surface area contributed by atoms with Crippen LogP contribution in [0.1, 0.15) is 25.7 Å². The molecule has 1 aliphatic heterocycles. The molecule has 1 heterocycles. The van der Waals surface area contributed by atoms with Gasteiger partial charge in [0.1, 0.15) is 5.50 Å². The van der Waals surface area contributed by atoms with Crippen LogP contribution in [0.2, 0.25) is 0 Å². The van der Waals surface area contributed by atoms with E-state index in [2.05, 4.69) is 4.99 Å². The average molecular weight is 220 g/mol. The highest BCUT2D eigenvalue weighted by atomic mass is 32.2. The molecular weight excluding hydrogens is 206 g/mol. The number of alkyl halides is 2. The molecule has 0 aromatic rings. The van der Waals surface area contributed by atoms with Crippen LogP contribution >= 0.6 is 11.8 Å². The van der Waals surface area contributed by atoms with Gasteiger partial charge in [0, 0.05) is 24.3 Å². The zero-order valence-electron chi connectivity index (χ0n) is 7.83. The minimum atomic E-state index is -2.43. The van der Waals surface area contributed by atoms with Crippen LogP contribution in [0.4, 0.5) is 8.78 Å². The largest absolute Gasteiger partial charge is 0.301 e. The highest BCUT2D eigenvalue weighted by Gasteiger charge is 2.38. The Morgan fingerprint density at radius 1 is 1.36 bits per heavy atom. The maximum Gasteiger partial charge on any atom is 0.248 e. The van der Waals surface area contributed by atoms with Crippen molar-refractivity contribution in [3.05, 3.63) is 0 Å². The fourth-order valence-corrected chi connectivity index (χ4v) is 3.12. The number of hydrogen-bond acceptors (Lipinski definition) is 3. The van der Waals surface area contributed by atoms with E-state index < -0.39 is 5.92 Å². The maximum absolute atomic E-state index is 12.9. The predicted molar refractivity (Wildman–Crippen MR) is 54.8 cm³/mol. The molecule has 0 aromatic carbocycles. The number of hydrogen-bond donors (Lipinski definition) is 1. The molecule has 0 amide bonds. The van der Waals surface area contributed by atoms with Crippen molar-refractivity contribution in [2.24, 2.45) is 16.6 Å². The van der Waals surface area contributed by atoms with Crippen LogP contribution in [0, 0.1) is 5.92 Å². The topological polar surface area (TPSA) is 38.4 Å². The molecule has 0 aromatic heterocycles. The summed E-state index contributed by atoms with van der Waals surface area (Å²) in [5.74, 6) is -2.09. The van der Waals surface area contributed by atoms with E-state index in [9.17, 15) is 8.78 Å². The molecule has 80 valence electrons. The van der Waals surface area contributed by atoms with Crippen LogP contribution in [0.15, 0.2) is 4.99 Å². The molecule has 1 saturated carbocycles. The molecule has 14 heavy (non-hydrogen) atoms. The van der Waals surface area contributed by atoms with Crippen molar-refractivity contribution in [2.75, 3.05) is 0 Å². The smallest absolute Gasteiger partial charge is 0.248 e. The molecule has 0 bridgehead atoms. The third kappa shape index (κ3) is 2.25. The zero-order chi connectivity index (χ0) is 10.2. The molecule has 2 atom stereocenters. The van der Waals surface area contributed by atoms with Crippen molar-refractivity contribution in [3.63, 3.8) is 0 Å². The minimum absolute atomic E-state index is 0.0256. The van der Waals surface area contributed by atoms with Crippen molar-refractivity contribution >= 4 is 18.0 Å². The zero-order valence-corrected chi connectivity index (χ0v) is 8.64. The molecule has 5 heteroatoms. The normalized spacial score (nSPS) is 37.6. The first kappa shape index (κ1) is 10.4. The van der Waals surface area contributed by atoms with Gasteiger partial charge in [-0.3, -0.25) is 4.99 Å². The first-order valence-corrected chi connectivity index (χ1v) is 5.83. The molecule has 2 aliphatic rings. The van der Waals surface area contributed by atoms with Crippen molar-refractivity contribution in [1.29, 1.82) is 0 Å². The van der Waals surface area contributed by atoms with Crippen LogP contribution in [0.5, 0.6) is 0 Å². The van der Waals surface area contributed by atoms with Gasteiger partial charge >= 0.3 is 0 Å². The van der Waals surface area contributed by atoms with Crippen molar-refractivity contribution in [1.82, 2.24) is 0 Å². The fraction of sp³-hybridized carbons (Fsp3) is 0.889. The Kier molecular flexibility index (Phi) is 2.79. The highest BCUT2D eigenvalue weighted by Crippen LogP contribution is 2.41. The average Bonchev–Trinajstić information content (AvgIpc) is 2.52. The summed E-state index contributed by atoms with van der Waals surface area (Å²) in [5, 5.41) is 0.265. The van der Waals surface area contributed by atoms with Crippen LogP contribution in [-0.4, -0.2) is 22.9 Å². The van der Waals surface area contributed by atoms with Gasteiger partial charge in [-0.05, 0) is 18.8 Å². The molecular formula is C9H14F2N2S. The molecule has 2 N–H and O–H groups in total. The second kappa shape index (κ2) is 3.77. The maximum atomic E-state index is 12.9. The van der Waals surface area contributed by atoms with E-state index in [0.29, 0.717) is 18.8 Å². The van der Waals surface area contributed by atoms with E-state index in [1.165, 1.54) is 0 Å². The van der Waals surface area contributed by atoms with Gasteiger partial charge in [0.2, 0.25) is 5.92 Å². The van der Waals surface area contributed by atoms with Gasteiger partial charge in [-0.15, -0.1) is 11.8 Å². The first-order valence-electron chi connectivity index (χ1n) is 4.89. The van der Waals surface area contributed by atoms with E-state index in [0.717, 1.165) is 0 Å². The molecule has 1 aliphatic carbocycles. The Hall–Kier alpha value is -0.160. The minimum Gasteiger partial charge on any atom is -0.301 e. The second-order valence-corrected chi connectivity index (χ2v) is 5.28. The van der Waals surface area contributed by atoms with Crippen molar-refractivity contribution in [3.8, 4) is 0 Å². The second-order valence-electron chi connectivity index (χ2n) is 3.98. The van der Waals surface area contributed by atoms with E-state index in [1.807, 2.05) is 6.21 Å². The van der Waals surface area contributed by atoms with E-state index >= 15 is 0 Å². The van der Waals surface area contributed by atoms with Crippen molar-refractivity contribution < 1.29 is 8.78 Å². The van der Waals surface area contributed by atoms with E-state index in [4.69, 9.17) is 5.73 Å². The molecule has 2 unspecified atom stereocenters. The highest BCUT2D eigenvalue weighted by molar-refractivity contribution is 8.01. The van der Waals surface area contributed by atoms with E-state index in [1.54, 1.807) is 11.8 Å². The summed E-state index contributed by atoms with van der Waals surface area (Å²) in [4.78, 5) is 4.06. The summed E-state index contributed by atoms with van der Waals surface area (Å²) in [6, 6.07) is 0. The van der Waals surface area contributed by atoms with Crippen molar-refractivity contribution in [2.45, 2.75) is 42.4 Å². The summed E-state index contributed by atoms with van der Waals surface area (Å²) in [5.41, 5.74) is 5.42. The lowest BCUT2D eigenvalue weighted by atomic mass is 9.85. The third-order valence-electron chi connectivity index (χ3n) is 2.90. The Bertz CT molecular complexity index is 235. The monoisotopic (exact) mass is 220 g/mol. The lowest BCUT2D eigenvalue weighted by molar-refractivity contribution is -0.0443. The Morgan fingerprint density at radius 2 is 2.00 bits per heavy atom. The Morgan fingerprint density at radius 3 is 2.50 bits per heavy atom. The summed E-state index contributed by atoms with van der Waals surface area (Å²) in [7, 11) is 0. The van der Waals surface area contributed by atoms with Gasteiger partial charge < -0.3 is 5.73 Å². The number of aliphatic imine (C=N–C) groups is 1. The molecule has 2 rings (SSSR count). The lowest BCUT2D eigenvalue weighted by Crippen LogP contribution is -2.30. The molecule has 1 fully saturated rings. The summed E-state index contributed by atoms with van der Waals surface area (Å²) in [6.45, 7) is 0. The summed E-state index contributed by atoms with van der Waals surface area (Å²) in [6.07, 6.45) is 3.09. The summed E-state index contributed by atoms with van der Waals surface area (Å²) >= 11 is 1.58. The standard InChI is InChI=1S/C9H14F2N2S/c10-9(11)3-1-6(2-4-9)7-5-13-8(12)14-7/h5-8H,1-4,12H2. The van der Waals surface area contributed by atoms with Crippen LogP contribution in [-0.2, 0) is 0 Å². The van der Waals surface area contributed by atoms with Gasteiger partial charge in [0.25, 0.3) is 0 Å². The molecule has 0 saturated heterocycles. The van der Waals surface area contributed by atoms with Gasteiger partial charge in [-0.25, -0.2) is 8.78 Å². The van der Waals surface area contributed by atoms with Crippen LogP contribution in [0.25, 0.3) is 0 Å². The number of nitrogens with two attached hydrogens (primary N) is 1. The predicted octanol–water partition coefficient (Wildman–Crippen LogP) is 2.24. The quantitative estimate of drug-likeness (QED) is 0.736. The lowest BCUT2D eigenvalue weighted by Gasteiger charge is -2.30. The SMILES string of the molecule is NC1N=CC(C2CCC(F)(F)CC2)S1. The molecule has 0 radical (unpaired) electrons.